The van der Waals surface area contributed by atoms with Crippen molar-refractivity contribution in [3.05, 3.63) is 30.3 Å². The normalized spacial score (nSPS) is 11.5. The maximum atomic E-state index is 5.73. The van der Waals surface area contributed by atoms with Crippen LogP contribution < -0.4 is 5.19 Å². The van der Waals surface area contributed by atoms with E-state index in [4.69, 9.17) is 33.2 Å². The van der Waals surface area contributed by atoms with Crippen molar-refractivity contribution in [2.75, 3.05) is 0 Å². The van der Waals surface area contributed by atoms with E-state index in [1.807, 2.05) is 30.3 Å². The van der Waals surface area contributed by atoms with Crippen molar-refractivity contribution in [2.45, 2.75) is 0 Å². The first-order chi connectivity index (χ1) is 4.61. The molecule has 0 unspecified atom stereocenters. The van der Waals surface area contributed by atoms with Crippen LogP contribution in [0.25, 0.3) is 0 Å². The van der Waals surface area contributed by atoms with Crippen LogP contribution in [0, 0.1) is 0 Å². The first kappa shape index (κ1) is 8.40. The van der Waals surface area contributed by atoms with E-state index in [0.717, 1.165) is 5.19 Å². The molecule has 0 aliphatic carbocycles. The molecule has 0 bridgehead atoms. The SMILES string of the molecule is Cl[Si-](Cl)(Cl)c1ccccc1. The highest BCUT2D eigenvalue weighted by Crippen LogP contribution is 2.18. The summed E-state index contributed by atoms with van der Waals surface area (Å²) >= 11 is 17.2. The third kappa shape index (κ3) is 2.17. The molecule has 55 valence electrons. The average Bonchev–Trinajstić information content (AvgIpc) is 1.88. The van der Waals surface area contributed by atoms with Gasteiger partial charge in [-0.3, -0.25) is 0 Å². The molecular weight excluding hydrogens is 207 g/mol. The third-order valence-corrected chi connectivity index (χ3v) is 4.05. The molecule has 0 saturated heterocycles. The molecule has 0 radical (unpaired) electrons. The van der Waals surface area contributed by atoms with Crippen molar-refractivity contribution in [1.82, 2.24) is 0 Å². The molecule has 1 aromatic carbocycles. The van der Waals surface area contributed by atoms with E-state index >= 15 is 0 Å². The lowest BCUT2D eigenvalue weighted by Crippen LogP contribution is -2.29. The molecular formula is C6H5Cl3Si-. The van der Waals surface area contributed by atoms with E-state index in [1.54, 1.807) is 0 Å². The fraction of sp³-hybridized carbons (Fsp3) is 0. The van der Waals surface area contributed by atoms with Crippen LogP contribution in [0.5, 0.6) is 0 Å². The summed E-state index contributed by atoms with van der Waals surface area (Å²) in [4.78, 5) is 0. The fourth-order valence-corrected chi connectivity index (χ4v) is 2.33. The molecule has 0 fully saturated rings. The summed E-state index contributed by atoms with van der Waals surface area (Å²) < 4.78 is 0. The van der Waals surface area contributed by atoms with E-state index < -0.39 is 6.00 Å². The summed E-state index contributed by atoms with van der Waals surface area (Å²) in [6.07, 6.45) is 0. The fourth-order valence-electron chi connectivity index (χ4n) is 0.627. The molecule has 0 N–H and O–H groups in total. The Kier molecular flexibility index (Phi) is 2.64. The highest BCUT2D eigenvalue weighted by molar-refractivity contribution is 7.69. The number of rotatable bonds is 1. The molecule has 0 aromatic heterocycles. The largest absolute Gasteiger partial charge is 0.315 e. The van der Waals surface area contributed by atoms with Crippen molar-refractivity contribution in [3.63, 3.8) is 0 Å². The summed E-state index contributed by atoms with van der Waals surface area (Å²) in [5.41, 5.74) is 0. The summed E-state index contributed by atoms with van der Waals surface area (Å²) in [6.45, 7) is 0. The van der Waals surface area contributed by atoms with Gasteiger partial charge in [0.05, 0.1) is 0 Å². The molecule has 1 aromatic rings. The minimum atomic E-state index is -2.62. The lowest BCUT2D eigenvalue weighted by Gasteiger charge is -2.21. The van der Waals surface area contributed by atoms with Crippen molar-refractivity contribution in [1.29, 1.82) is 0 Å². The Hall–Kier alpha value is 0.307. The number of hydrogen-bond donors (Lipinski definition) is 0. The zero-order valence-corrected chi connectivity index (χ0v) is 8.29. The molecule has 0 atom stereocenters. The molecule has 0 heterocycles. The van der Waals surface area contributed by atoms with Gasteiger partial charge in [0.15, 0.2) is 6.00 Å². The maximum absolute atomic E-state index is 5.73. The smallest absolute Gasteiger partial charge is 0.154 e. The van der Waals surface area contributed by atoms with E-state index in [9.17, 15) is 0 Å². The summed E-state index contributed by atoms with van der Waals surface area (Å²) in [5, 5.41) is 0.833. The van der Waals surface area contributed by atoms with Gasteiger partial charge in [-0.05, 0) is 0 Å². The van der Waals surface area contributed by atoms with Crippen LogP contribution in [0.2, 0.25) is 0 Å². The van der Waals surface area contributed by atoms with Gasteiger partial charge in [-0.25, -0.2) is 0 Å². The molecule has 0 amide bonds. The Morgan fingerprint density at radius 1 is 0.900 bits per heavy atom. The zero-order chi connectivity index (χ0) is 7.61. The van der Waals surface area contributed by atoms with Crippen molar-refractivity contribution in [2.24, 2.45) is 0 Å². The second kappa shape index (κ2) is 3.14. The van der Waals surface area contributed by atoms with E-state index in [2.05, 4.69) is 0 Å². The van der Waals surface area contributed by atoms with Gasteiger partial charge in [-0.2, -0.15) is 0 Å². The Morgan fingerprint density at radius 2 is 1.40 bits per heavy atom. The predicted molar refractivity (Wildman–Crippen MR) is 49.4 cm³/mol. The molecule has 0 spiro atoms. The van der Waals surface area contributed by atoms with Gasteiger partial charge in [0.25, 0.3) is 0 Å². The average molecular weight is 212 g/mol. The predicted octanol–water partition coefficient (Wildman–Crippen LogP) is 2.55. The van der Waals surface area contributed by atoms with Crippen LogP contribution in [-0.2, 0) is 0 Å². The molecule has 0 saturated carbocycles. The van der Waals surface area contributed by atoms with Crippen LogP contribution in [-0.4, -0.2) is 6.00 Å². The van der Waals surface area contributed by atoms with Gasteiger partial charge in [0.1, 0.15) is 0 Å². The molecule has 0 nitrogen and oxygen atoms in total. The summed E-state index contributed by atoms with van der Waals surface area (Å²) in [7, 11) is 0. The Morgan fingerprint density at radius 3 is 1.70 bits per heavy atom. The van der Waals surface area contributed by atoms with Crippen LogP contribution in [0.3, 0.4) is 0 Å². The van der Waals surface area contributed by atoms with E-state index in [1.165, 1.54) is 0 Å². The monoisotopic (exact) mass is 210 g/mol. The number of halogens is 3. The molecule has 0 aliphatic heterocycles. The Bertz CT molecular complexity index is 204. The summed E-state index contributed by atoms with van der Waals surface area (Å²) in [5.74, 6) is 0. The third-order valence-electron chi connectivity index (χ3n) is 1.10. The van der Waals surface area contributed by atoms with Crippen molar-refractivity contribution in [3.8, 4) is 0 Å². The second-order valence-corrected chi connectivity index (χ2v) is 10.3. The van der Waals surface area contributed by atoms with E-state index in [0.29, 0.717) is 0 Å². The maximum Gasteiger partial charge on any atom is 0.154 e. The van der Waals surface area contributed by atoms with E-state index in [-0.39, 0.29) is 0 Å². The standard InChI is InChI=1S/C6H5Cl3Si/c7-10(8,9)6-4-2-1-3-5-6/h1-5H/q-1. The lowest BCUT2D eigenvalue weighted by atomic mass is 10.4. The van der Waals surface area contributed by atoms with Gasteiger partial charge in [0.2, 0.25) is 0 Å². The Labute approximate surface area is 74.8 Å². The van der Waals surface area contributed by atoms with Crippen molar-refractivity contribution >= 4 is 44.4 Å². The highest BCUT2D eigenvalue weighted by Gasteiger charge is 2.09. The highest BCUT2D eigenvalue weighted by atomic mass is 35.8. The minimum Gasteiger partial charge on any atom is -0.315 e. The van der Waals surface area contributed by atoms with Crippen LogP contribution in [0.1, 0.15) is 0 Å². The van der Waals surface area contributed by atoms with Gasteiger partial charge in [-0.15, -0.1) is 5.19 Å². The molecule has 1 rings (SSSR count). The number of benzene rings is 1. The Balaban J connectivity index is 2.97. The molecule has 4 heteroatoms. The van der Waals surface area contributed by atoms with Crippen molar-refractivity contribution < 1.29 is 0 Å². The number of hydrogen-bond acceptors (Lipinski definition) is 0. The van der Waals surface area contributed by atoms with Gasteiger partial charge in [0, 0.05) is 0 Å². The van der Waals surface area contributed by atoms with Gasteiger partial charge >= 0.3 is 0 Å². The van der Waals surface area contributed by atoms with Crippen LogP contribution in [0.15, 0.2) is 30.3 Å². The van der Waals surface area contributed by atoms with Gasteiger partial charge in [-0.1, -0.05) is 30.3 Å². The topological polar surface area (TPSA) is 0 Å². The first-order valence-electron chi connectivity index (χ1n) is 2.73. The summed E-state index contributed by atoms with van der Waals surface area (Å²) in [6, 6.07) is 6.68. The minimum absolute atomic E-state index is 0.833. The van der Waals surface area contributed by atoms with Crippen LogP contribution >= 0.6 is 33.2 Å². The zero-order valence-electron chi connectivity index (χ0n) is 5.02. The van der Waals surface area contributed by atoms with Crippen LogP contribution in [0.4, 0.5) is 0 Å². The molecule has 0 aliphatic rings. The van der Waals surface area contributed by atoms with Gasteiger partial charge < -0.3 is 33.2 Å². The lowest BCUT2D eigenvalue weighted by molar-refractivity contribution is 1.77. The quantitative estimate of drug-likeness (QED) is 0.495. The molecule has 10 heavy (non-hydrogen) atoms. The first-order valence-corrected chi connectivity index (χ1v) is 7.76. The second-order valence-electron chi connectivity index (χ2n) is 1.86.